The minimum absolute atomic E-state index is 0.240. The van der Waals surface area contributed by atoms with Crippen LogP contribution in [0.3, 0.4) is 0 Å². The van der Waals surface area contributed by atoms with E-state index in [0.717, 1.165) is 23.6 Å². The fourth-order valence-corrected chi connectivity index (χ4v) is 3.33. The molecule has 2 aliphatic carbocycles. The zero-order valence-electron chi connectivity index (χ0n) is 12.6. The summed E-state index contributed by atoms with van der Waals surface area (Å²) in [7, 11) is 0. The summed E-state index contributed by atoms with van der Waals surface area (Å²) in [5, 5.41) is 0. The third-order valence-electron chi connectivity index (χ3n) is 4.81. The first-order valence-corrected chi connectivity index (χ1v) is 8.08. The van der Waals surface area contributed by atoms with E-state index >= 15 is 0 Å². The maximum atomic E-state index is 13.0. The molecule has 2 fully saturated rings. The number of rotatable bonds is 5. The van der Waals surface area contributed by atoms with Crippen molar-refractivity contribution in [2.45, 2.75) is 25.8 Å². The van der Waals surface area contributed by atoms with Gasteiger partial charge in [0.05, 0.1) is 6.54 Å². The zero-order chi connectivity index (χ0) is 14.9. The number of carbonyl (C=O) groups excluding carboxylic acids is 1. The Morgan fingerprint density at radius 1 is 1.09 bits per heavy atom. The normalized spacial score (nSPS) is 23.1. The summed E-state index contributed by atoms with van der Waals surface area (Å²) in [6.07, 6.45) is 7.24. The molecule has 0 aliphatic heterocycles. The molecule has 2 aliphatic rings. The maximum absolute atomic E-state index is 13.0. The Balaban J connectivity index is 1.56. The van der Waals surface area contributed by atoms with Crippen LogP contribution in [0, 0.1) is 17.8 Å². The van der Waals surface area contributed by atoms with Gasteiger partial charge in [-0.05, 0) is 48.8 Å². The molecule has 3 nitrogen and oxygen atoms in total. The lowest BCUT2D eigenvalue weighted by atomic mass is 10.1. The van der Waals surface area contributed by atoms with Crippen molar-refractivity contribution in [1.29, 1.82) is 0 Å². The standard InChI is InChI=1S/C19H20N2O/c22-19(18-12-17(18)15-6-7-15)21(16-8-10-20-11-9-16)13-14-4-2-1-3-5-14/h1-5,8-11,15,17-18H,6-7,12-13H2. The van der Waals surface area contributed by atoms with Crippen LogP contribution < -0.4 is 4.90 Å². The monoisotopic (exact) mass is 292 g/mol. The Kier molecular flexibility index (Phi) is 3.41. The van der Waals surface area contributed by atoms with Crippen LogP contribution in [0.2, 0.25) is 0 Å². The third kappa shape index (κ3) is 2.76. The highest BCUT2D eigenvalue weighted by molar-refractivity contribution is 5.96. The maximum Gasteiger partial charge on any atom is 0.230 e. The van der Waals surface area contributed by atoms with Crippen molar-refractivity contribution in [3.63, 3.8) is 0 Å². The van der Waals surface area contributed by atoms with Gasteiger partial charge in [-0.15, -0.1) is 0 Å². The van der Waals surface area contributed by atoms with Crippen LogP contribution in [0.25, 0.3) is 0 Å². The molecule has 2 aromatic rings. The first-order chi connectivity index (χ1) is 10.8. The number of hydrogen-bond donors (Lipinski definition) is 0. The molecule has 2 saturated carbocycles. The van der Waals surface area contributed by atoms with E-state index in [0.29, 0.717) is 12.5 Å². The van der Waals surface area contributed by atoms with Crippen molar-refractivity contribution >= 4 is 11.6 Å². The summed E-state index contributed by atoms with van der Waals surface area (Å²) >= 11 is 0. The summed E-state index contributed by atoms with van der Waals surface area (Å²) in [5.74, 6) is 1.99. The van der Waals surface area contributed by atoms with E-state index in [-0.39, 0.29) is 11.8 Å². The average Bonchev–Trinajstić information content (AvgIpc) is 3.46. The van der Waals surface area contributed by atoms with Crippen LogP contribution in [-0.4, -0.2) is 10.9 Å². The summed E-state index contributed by atoms with van der Waals surface area (Å²) in [6.45, 7) is 0.636. The Bertz CT molecular complexity index is 652. The van der Waals surface area contributed by atoms with Crippen LogP contribution in [0.4, 0.5) is 5.69 Å². The van der Waals surface area contributed by atoms with E-state index in [9.17, 15) is 4.79 Å². The number of hydrogen-bond acceptors (Lipinski definition) is 2. The molecule has 1 aromatic heterocycles. The molecular weight excluding hydrogens is 272 g/mol. The molecule has 0 radical (unpaired) electrons. The Morgan fingerprint density at radius 3 is 2.50 bits per heavy atom. The number of nitrogens with zero attached hydrogens (tertiary/aromatic N) is 2. The van der Waals surface area contributed by atoms with Gasteiger partial charge in [-0.1, -0.05) is 30.3 Å². The number of carbonyl (C=O) groups is 1. The van der Waals surface area contributed by atoms with E-state index in [2.05, 4.69) is 17.1 Å². The van der Waals surface area contributed by atoms with Crippen LogP contribution in [0.15, 0.2) is 54.9 Å². The van der Waals surface area contributed by atoms with Crippen molar-refractivity contribution < 1.29 is 4.79 Å². The number of aromatic nitrogens is 1. The van der Waals surface area contributed by atoms with Gasteiger partial charge in [-0.3, -0.25) is 9.78 Å². The molecular formula is C19H20N2O. The molecule has 3 heteroatoms. The molecule has 1 amide bonds. The van der Waals surface area contributed by atoms with Crippen molar-refractivity contribution in [1.82, 2.24) is 4.98 Å². The summed E-state index contributed by atoms with van der Waals surface area (Å²) in [6, 6.07) is 14.1. The van der Waals surface area contributed by atoms with E-state index in [1.54, 1.807) is 12.4 Å². The quantitative estimate of drug-likeness (QED) is 0.842. The molecule has 112 valence electrons. The highest BCUT2D eigenvalue weighted by Gasteiger charge is 2.52. The lowest BCUT2D eigenvalue weighted by molar-refractivity contribution is -0.120. The first kappa shape index (κ1) is 13.5. The van der Waals surface area contributed by atoms with E-state index in [4.69, 9.17) is 0 Å². The van der Waals surface area contributed by atoms with Gasteiger partial charge in [0.1, 0.15) is 0 Å². The summed E-state index contributed by atoms with van der Waals surface area (Å²) < 4.78 is 0. The molecule has 22 heavy (non-hydrogen) atoms. The second-order valence-corrected chi connectivity index (χ2v) is 6.46. The second-order valence-electron chi connectivity index (χ2n) is 6.46. The highest BCUT2D eigenvalue weighted by atomic mass is 16.2. The van der Waals surface area contributed by atoms with Crippen LogP contribution in [0.5, 0.6) is 0 Å². The number of pyridine rings is 1. The lowest BCUT2D eigenvalue weighted by Crippen LogP contribution is -2.32. The Morgan fingerprint density at radius 2 is 1.82 bits per heavy atom. The number of anilines is 1. The molecule has 1 aromatic carbocycles. The predicted octanol–water partition coefficient (Wildman–Crippen LogP) is 3.66. The van der Waals surface area contributed by atoms with Crippen molar-refractivity contribution in [2.75, 3.05) is 4.90 Å². The smallest absolute Gasteiger partial charge is 0.230 e. The van der Waals surface area contributed by atoms with E-state index in [1.807, 2.05) is 35.2 Å². The topological polar surface area (TPSA) is 33.2 Å². The fraction of sp³-hybridized carbons (Fsp3) is 0.368. The third-order valence-corrected chi connectivity index (χ3v) is 4.81. The molecule has 2 unspecified atom stereocenters. The Hall–Kier alpha value is -2.16. The van der Waals surface area contributed by atoms with Gasteiger partial charge in [-0.2, -0.15) is 0 Å². The molecule has 0 bridgehead atoms. The molecule has 0 spiro atoms. The molecule has 0 saturated heterocycles. The fourth-order valence-electron chi connectivity index (χ4n) is 3.33. The van der Waals surface area contributed by atoms with Crippen LogP contribution >= 0.6 is 0 Å². The number of amides is 1. The zero-order valence-corrected chi connectivity index (χ0v) is 12.6. The summed E-state index contributed by atoms with van der Waals surface area (Å²) in [5.41, 5.74) is 2.11. The minimum atomic E-state index is 0.240. The molecule has 1 heterocycles. The van der Waals surface area contributed by atoms with E-state index < -0.39 is 0 Å². The summed E-state index contributed by atoms with van der Waals surface area (Å²) in [4.78, 5) is 19.0. The first-order valence-electron chi connectivity index (χ1n) is 8.08. The van der Waals surface area contributed by atoms with Crippen molar-refractivity contribution in [3.8, 4) is 0 Å². The molecule has 0 N–H and O–H groups in total. The largest absolute Gasteiger partial charge is 0.308 e. The highest BCUT2D eigenvalue weighted by Crippen LogP contribution is 2.55. The van der Waals surface area contributed by atoms with Gasteiger partial charge in [0.25, 0.3) is 0 Å². The van der Waals surface area contributed by atoms with Crippen LogP contribution in [0.1, 0.15) is 24.8 Å². The van der Waals surface area contributed by atoms with Gasteiger partial charge in [0.2, 0.25) is 5.91 Å². The average molecular weight is 292 g/mol. The predicted molar refractivity (Wildman–Crippen MR) is 86.2 cm³/mol. The second kappa shape index (κ2) is 5.56. The van der Waals surface area contributed by atoms with Gasteiger partial charge in [0.15, 0.2) is 0 Å². The van der Waals surface area contributed by atoms with E-state index in [1.165, 1.54) is 12.8 Å². The van der Waals surface area contributed by atoms with Crippen molar-refractivity contribution in [3.05, 3.63) is 60.4 Å². The van der Waals surface area contributed by atoms with Gasteiger partial charge >= 0.3 is 0 Å². The molecule has 4 rings (SSSR count). The SMILES string of the molecule is O=C(C1CC1C1CC1)N(Cc1ccccc1)c1ccncc1. The van der Waals surface area contributed by atoms with Crippen LogP contribution in [-0.2, 0) is 11.3 Å². The van der Waals surface area contributed by atoms with Crippen molar-refractivity contribution in [2.24, 2.45) is 17.8 Å². The Labute approximate surface area is 131 Å². The van der Waals surface area contributed by atoms with Gasteiger partial charge < -0.3 is 4.90 Å². The van der Waals surface area contributed by atoms with Gasteiger partial charge in [-0.25, -0.2) is 0 Å². The van der Waals surface area contributed by atoms with Gasteiger partial charge in [0, 0.05) is 24.0 Å². The minimum Gasteiger partial charge on any atom is -0.308 e. The lowest BCUT2D eigenvalue weighted by Gasteiger charge is -2.23. The number of benzene rings is 1. The molecule has 2 atom stereocenters.